The summed E-state index contributed by atoms with van der Waals surface area (Å²) in [4.78, 5) is 35.9. The molecule has 1 aromatic carbocycles. The number of carbonyl (C=O) groups excluding carboxylic acids is 2. The van der Waals surface area contributed by atoms with Crippen LogP contribution >= 0.6 is 11.3 Å². The fraction of sp³-hybridized carbons (Fsp3) is 0.333. The first kappa shape index (κ1) is 22.9. The minimum Gasteiger partial charge on any atom is -0.449 e. The van der Waals surface area contributed by atoms with Crippen LogP contribution in [0.4, 0.5) is 10.9 Å². The van der Waals surface area contributed by atoms with Gasteiger partial charge in [0.05, 0.1) is 24.5 Å². The Bertz CT molecular complexity index is 1090. The summed E-state index contributed by atoms with van der Waals surface area (Å²) in [7, 11) is 0. The molecule has 1 N–H and O–H groups in total. The number of carbonyl (C=O) groups is 2. The highest BCUT2D eigenvalue weighted by molar-refractivity contribution is 7.14. The molecule has 2 aromatic heterocycles. The van der Waals surface area contributed by atoms with Crippen LogP contribution < -0.4 is 10.2 Å². The van der Waals surface area contributed by atoms with Crippen LogP contribution in [0, 0.1) is 0 Å². The topological polar surface area (TPSA) is 93.7 Å². The van der Waals surface area contributed by atoms with E-state index in [-0.39, 0.29) is 0 Å². The fourth-order valence-electron chi connectivity index (χ4n) is 3.35. The maximum atomic E-state index is 12.5. The van der Waals surface area contributed by atoms with Gasteiger partial charge in [0.2, 0.25) is 0 Å². The lowest BCUT2D eigenvalue weighted by Crippen LogP contribution is -2.36. The minimum absolute atomic E-state index is 0.290. The summed E-state index contributed by atoms with van der Waals surface area (Å²) < 4.78 is 10.7. The van der Waals surface area contributed by atoms with Crippen LogP contribution in [0.2, 0.25) is 0 Å². The zero-order chi connectivity index (χ0) is 23.2. The van der Waals surface area contributed by atoms with E-state index >= 15 is 0 Å². The molecule has 1 unspecified atom stereocenters. The number of nitrogens with one attached hydrogen (secondary N) is 1. The number of aromatic nitrogens is 2. The Morgan fingerprint density at radius 2 is 1.94 bits per heavy atom. The van der Waals surface area contributed by atoms with Crippen LogP contribution in [0.25, 0.3) is 11.3 Å². The molecule has 1 aliphatic heterocycles. The molecule has 1 amide bonds. The first-order valence-electron chi connectivity index (χ1n) is 10.9. The van der Waals surface area contributed by atoms with E-state index in [1.54, 1.807) is 12.1 Å². The number of hydrogen-bond donors (Lipinski definition) is 1. The largest absolute Gasteiger partial charge is 0.449 e. The SMILES string of the molecule is CCc1ccc(-c2csc(NC(=O)C(C)OC(=O)c3ccc(N4CCOCC4)nc3)n2)cc1. The normalized spacial score (nSPS) is 14.5. The lowest BCUT2D eigenvalue weighted by Gasteiger charge is -2.27. The number of hydrogen-bond acceptors (Lipinski definition) is 8. The van der Waals surface area contributed by atoms with Crippen molar-refractivity contribution >= 4 is 34.2 Å². The highest BCUT2D eigenvalue weighted by Crippen LogP contribution is 2.25. The molecule has 0 saturated carbocycles. The van der Waals surface area contributed by atoms with E-state index in [9.17, 15) is 9.59 Å². The van der Waals surface area contributed by atoms with E-state index in [4.69, 9.17) is 9.47 Å². The van der Waals surface area contributed by atoms with E-state index in [1.807, 2.05) is 17.5 Å². The average molecular weight is 467 g/mol. The van der Waals surface area contributed by atoms with Crippen LogP contribution in [0.3, 0.4) is 0 Å². The number of nitrogens with zero attached hydrogens (tertiary/aromatic N) is 3. The van der Waals surface area contributed by atoms with Crippen molar-refractivity contribution in [1.82, 2.24) is 9.97 Å². The van der Waals surface area contributed by atoms with Crippen LogP contribution in [0.5, 0.6) is 0 Å². The Labute approximate surface area is 196 Å². The van der Waals surface area contributed by atoms with Gasteiger partial charge in [-0.25, -0.2) is 14.8 Å². The molecule has 1 atom stereocenters. The lowest BCUT2D eigenvalue weighted by atomic mass is 10.1. The zero-order valence-electron chi connectivity index (χ0n) is 18.6. The van der Waals surface area contributed by atoms with Crippen LogP contribution in [0.15, 0.2) is 48.0 Å². The van der Waals surface area contributed by atoms with E-state index < -0.39 is 18.0 Å². The Morgan fingerprint density at radius 1 is 1.18 bits per heavy atom. The molecule has 0 aliphatic carbocycles. The highest BCUT2D eigenvalue weighted by atomic mass is 32.1. The van der Waals surface area contributed by atoms with Gasteiger partial charge < -0.3 is 14.4 Å². The molecule has 0 spiro atoms. The van der Waals surface area contributed by atoms with Crippen molar-refractivity contribution in [2.24, 2.45) is 0 Å². The van der Waals surface area contributed by atoms with E-state index in [2.05, 4.69) is 39.2 Å². The van der Waals surface area contributed by atoms with Gasteiger partial charge in [-0.05, 0) is 31.0 Å². The number of thiazole rings is 1. The molecule has 9 heteroatoms. The van der Waals surface area contributed by atoms with Crippen LogP contribution in [0.1, 0.15) is 29.8 Å². The summed E-state index contributed by atoms with van der Waals surface area (Å²) in [5, 5.41) is 5.06. The number of amides is 1. The summed E-state index contributed by atoms with van der Waals surface area (Å²) in [5.41, 5.74) is 3.31. The first-order chi connectivity index (χ1) is 16.0. The van der Waals surface area contributed by atoms with Crippen molar-refractivity contribution in [2.45, 2.75) is 26.4 Å². The summed E-state index contributed by atoms with van der Waals surface area (Å²) in [6.45, 7) is 6.47. The second kappa shape index (κ2) is 10.5. The van der Waals surface area contributed by atoms with Gasteiger partial charge in [-0.1, -0.05) is 31.2 Å². The number of esters is 1. The summed E-state index contributed by atoms with van der Waals surface area (Å²) >= 11 is 1.32. The van der Waals surface area contributed by atoms with Crippen molar-refractivity contribution in [1.29, 1.82) is 0 Å². The monoisotopic (exact) mass is 466 g/mol. The third-order valence-electron chi connectivity index (χ3n) is 5.36. The van der Waals surface area contributed by atoms with Gasteiger partial charge in [0.25, 0.3) is 5.91 Å². The van der Waals surface area contributed by atoms with Gasteiger partial charge in [0, 0.05) is 30.2 Å². The zero-order valence-corrected chi connectivity index (χ0v) is 19.4. The number of pyridine rings is 1. The third kappa shape index (κ3) is 5.74. The Morgan fingerprint density at radius 3 is 2.61 bits per heavy atom. The molecule has 0 bridgehead atoms. The average Bonchev–Trinajstić information content (AvgIpc) is 3.33. The van der Waals surface area contributed by atoms with Crippen molar-refractivity contribution < 1.29 is 19.1 Å². The molecule has 3 aromatic rings. The van der Waals surface area contributed by atoms with Crippen LogP contribution in [-0.2, 0) is 20.7 Å². The molecule has 33 heavy (non-hydrogen) atoms. The number of anilines is 2. The van der Waals surface area contributed by atoms with Crippen molar-refractivity contribution in [3.05, 3.63) is 59.1 Å². The third-order valence-corrected chi connectivity index (χ3v) is 6.12. The highest BCUT2D eigenvalue weighted by Gasteiger charge is 2.21. The van der Waals surface area contributed by atoms with Gasteiger partial charge in [0.15, 0.2) is 11.2 Å². The molecular formula is C24H26N4O4S. The molecule has 8 nitrogen and oxygen atoms in total. The lowest BCUT2D eigenvalue weighted by molar-refractivity contribution is -0.123. The van der Waals surface area contributed by atoms with E-state index in [0.29, 0.717) is 23.9 Å². The van der Waals surface area contributed by atoms with Gasteiger partial charge in [-0.3, -0.25) is 10.1 Å². The number of rotatable bonds is 7. The Kier molecular flexibility index (Phi) is 7.31. The van der Waals surface area contributed by atoms with Crippen molar-refractivity contribution in [3.63, 3.8) is 0 Å². The van der Waals surface area contributed by atoms with E-state index in [1.165, 1.54) is 30.0 Å². The van der Waals surface area contributed by atoms with Crippen LogP contribution in [-0.4, -0.2) is 54.3 Å². The number of ether oxygens (including phenoxy) is 2. The first-order valence-corrected chi connectivity index (χ1v) is 11.8. The van der Waals surface area contributed by atoms with Gasteiger partial charge in [0.1, 0.15) is 5.82 Å². The number of morpholine rings is 1. The summed E-state index contributed by atoms with van der Waals surface area (Å²) in [5.74, 6) is -0.262. The van der Waals surface area contributed by atoms with Gasteiger partial charge in [-0.15, -0.1) is 11.3 Å². The quantitative estimate of drug-likeness (QED) is 0.530. The predicted molar refractivity (Wildman–Crippen MR) is 128 cm³/mol. The Balaban J connectivity index is 1.32. The van der Waals surface area contributed by atoms with Gasteiger partial charge in [-0.2, -0.15) is 0 Å². The maximum Gasteiger partial charge on any atom is 0.340 e. The maximum absolute atomic E-state index is 12.5. The second-order valence-corrected chi connectivity index (χ2v) is 8.49. The second-order valence-electron chi connectivity index (χ2n) is 7.63. The minimum atomic E-state index is -0.979. The van der Waals surface area contributed by atoms with Crippen molar-refractivity contribution in [2.75, 3.05) is 36.5 Å². The molecule has 1 fully saturated rings. The standard InChI is InChI=1S/C24H26N4O4S/c1-3-17-4-6-18(7-5-17)20-15-33-24(26-20)27-22(29)16(2)32-23(30)19-8-9-21(25-14-19)28-10-12-31-13-11-28/h4-9,14-16H,3,10-13H2,1-2H3,(H,26,27,29). The predicted octanol–water partition coefficient (Wildman–Crippen LogP) is 3.79. The Hall–Kier alpha value is -3.30. The molecule has 4 rings (SSSR count). The molecular weight excluding hydrogens is 440 g/mol. The molecule has 1 aliphatic rings. The van der Waals surface area contributed by atoms with Crippen molar-refractivity contribution in [3.8, 4) is 11.3 Å². The van der Waals surface area contributed by atoms with E-state index in [0.717, 1.165) is 36.6 Å². The molecule has 1 saturated heterocycles. The number of aryl methyl sites for hydroxylation is 1. The number of benzene rings is 1. The smallest absolute Gasteiger partial charge is 0.340 e. The molecule has 3 heterocycles. The summed E-state index contributed by atoms with van der Waals surface area (Å²) in [6.07, 6.45) is 1.46. The molecule has 0 radical (unpaired) electrons. The molecule has 172 valence electrons. The van der Waals surface area contributed by atoms with Gasteiger partial charge >= 0.3 is 5.97 Å². The summed E-state index contributed by atoms with van der Waals surface area (Å²) in [6, 6.07) is 11.6. The fourth-order valence-corrected chi connectivity index (χ4v) is 4.07.